The molecule has 0 aliphatic carbocycles. The lowest BCUT2D eigenvalue weighted by Crippen LogP contribution is -2.34. The van der Waals surface area contributed by atoms with E-state index in [1.807, 2.05) is 9.13 Å². The molecule has 10 heteroatoms. The first kappa shape index (κ1) is 28.7. The lowest BCUT2D eigenvalue weighted by molar-refractivity contribution is -0.123. The predicted molar refractivity (Wildman–Crippen MR) is 137 cm³/mol. The van der Waals surface area contributed by atoms with Crippen LogP contribution in [0.15, 0.2) is 34.1 Å². The van der Waals surface area contributed by atoms with Crippen LogP contribution in [-0.2, 0) is 22.7 Å². The SMILES string of the molecule is Cc1c(O)c(=O)ccn1CCCCCC(=O)NCCNC(=O)CCCCCn1ccc(=O)c(O)c1C. The Hall–Kier alpha value is -3.56. The molecule has 0 bridgehead atoms. The minimum Gasteiger partial charge on any atom is -0.503 e. The molecule has 0 fully saturated rings. The van der Waals surface area contributed by atoms with Crippen molar-refractivity contribution < 1.29 is 19.8 Å². The normalized spacial score (nSPS) is 10.8. The average molecular weight is 503 g/mol. The van der Waals surface area contributed by atoms with E-state index in [4.69, 9.17) is 0 Å². The smallest absolute Gasteiger partial charge is 0.223 e. The lowest BCUT2D eigenvalue weighted by atomic mass is 10.1. The second kappa shape index (κ2) is 14.8. The van der Waals surface area contributed by atoms with Crippen LogP contribution in [0.1, 0.15) is 62.8 Å². The van der Waals surface area contributed by atoms with Crippen molar-refractivity contribution in [1.82, 2.24) is 19.8 Å². The minimum absolute atomic E-state index is 0.0507. The molecular formula is C26H38N4O6. The van der Waals surface area contributed by atoms with Crippen LogP contribution in [0.4, 0.5) is 0 Å². The van der Waals surface area contributed by atoms with Gasteiger partial charge >= 0.3 is 0 Å². The molecule has 2 rings (SSSR count). The molecule has 0 aliphatic heterocycles. The third-order valence-electron chi connectivity index (χ3n) is 6.20. The van der Waals surface area contributed by atoms with Crippen molar-refractivity contribution in [2.24, 2.45) is 0 Å². The molecular weight excluding hydrogens is 464 g/mol. The Morgan fingerprint density at radius 2 is 1.08 bits per heavy atom. The second-order valence-electron chi connectivity index (χ2n) is 8.94. The summed E-state index contributed by atoms with van der Waals surface area (Å²) in [4.78, 5) is 46.7. The number of amides is 2. The number of rotatable bonds is 15. The molecule has 0 atom stereocenters. The number of carbonyl (C=O) groups is 2. The second-order valence-corrected chi connectivity index (χ2v) is 8.94. The Labute approximate surface area is 211 Å². The summed E-state index contributed by atoms with van der Waals surface area (Å²) in [7, 11) is 0. The van der Waals surface area contributed by atoms with Gasteiger partial charge in [0.25, 0.3) is 0 Å². The first-order chi connectivity index (χ1) is 17.2. The fourth-order valence-electron chi connectivity index (χ4n) is 3.88. The van der Waals surface area contributed by atoms with Gasteiger partial charge in [-0.15, -0.1) is 0 Å². The van der Waals surface area contributed by atoms with Gasteiger partial charge in [0.1, 0.15) is 0 Å². The molecule has 0 spiro atoms. The van der Waals surface area contributed by atoms with Crippen molar-refractivity contribution >= 4 is 11.8 Å². The van der Waals surface area contributed by atoms with Gasteiger partial charge in [-0.05, 0) is 39.5 Å². The quantitative estimate of drug-likeness (QED) is 0.275. The van der Waals surface area contributed by atoms with Gasteiger partial charge in [0.05, 0.1) is 11.4 Å². The summed E-state index contributed by atoms with van der Waals surface area (Å²) >= 11 is 0. The zero-order valence-corrected chi connectivity index (χ0v) is 21.2. The number of unbranched alkanes of at least 4 members (excludes halogenated alkanes) is 4. The average Bonchev–Trinajstić information content (AvgIpc) is 2.86. The zero-order valence-electron chi connectivity index (χ0n) is 21.2. The molecule has 0 saturated heterocycles. The first-order valence-electron chi connectivity index (χ1n) is 12.5. The van der Waals surface area contributed by atoms with Gasteiger partial charge in [-0.25, -0.2) is 0 Å². The Morgan fingerprint density at radius 3 is 1.47 bits per heavy atom. The van der Waals surface area contributed by atoms with Gasteiger partial charge in [0.2, 0.25) is 22.7 Å². The number of carbonyl (C=O) groups excluding carboxylic acids is 2. The van der Waals surface area contributed by atoms with Gasteiger partial charge in [-0.3, -0.25) is 19.2 Å². The molecule has 2 aromatic rings. The summed E-state index contributed by atoms with van der Waals surface area (Å²) in [6.07, 6.45) is 8.99. The van der Waals surface area contributed by atoms with E-state index in [1.165, 1.54) is 12.1 Å². The maximum atomic E-state index is 11.9. The Bertz CT molecular complexity index is 1050. The highest BCUT2D eigenvalue weighted by Crippen LogP contribution is 2.12. The molecule has 0 unspecified atom stereocenters. The third-order valence-corrected chi connectivity index (χ3v) is 6.20. The number of hydrogen-bond donors (Lipinski definition) is 4. The van der Waals surface area contributed by atoms with E-state index in [2.05, 4.69) is 10.6 Å². The largest absolute Gasteiger partial charge is 0.503 e. The van der Waals surface area contributed by atoms with Crippen LogP contribution in [0.2, 0.25) is 0 Å². The fraction of sp³-hybridized carbons (Fsp3) is 0.538. The van der Waals surface area contributed by atoms with E-state index in [9.17, 15) is 29.4 Å². The van der Waals surface area contributed by atoms with E-state index >= 15 is 0 Å². The van der Waals surface area contributed by atoms with Crippen LogP contribution in [0.25, 0.3) is 0 Å². The highest BCUT2D eigenvalue weighted by atomic mass is 16.3. The summed E-state index contributed by atoms with van der Waals surface area (Å²) in [5.74, 6) is -0.539. The molecule has 10 nitrogen and oxygen atoms in total. The molecule has 198 valence electrons. The van der Waals surface area contributed by atoms with E-state index < -0.39 is 0 Å². The van der Waals surface area contributed by atoms with Crippen molar-refractivity contribution in [3.8, 4) is 11.5 Å². The first-order valence-corrected chi connectivity index (χ1v) is 12.5. The van der Waals surface area contributed by atoms with E-state index in [-0.39, 0.29) is 34.2 Å². The van der Waals surface area contributed by atoms with Gasteiger partial charge in [-0.2, -0.15) is 0 Å². The van der Waals surface area contributed by atoms with Gasteiger partial charge in [0, 0.05) is 63.5 Å². The van der Waals surface area contributed by atoms with Crippen LogP contribution >= 0.6 is 0 Å². The standard InChI is InChI=1S/C26H38N4O6/c1-19-25(35)21(31)11-17-29(19)15-7-3-5-9-23(33)27-13-14-28-24(34)10-6-4-8-16-30-18-12-22(32)26(36)20(30)2/h11-12,17-18,35-36H,3-10,13-16H2,1-2H3,(H,27,33)(H,28,34). The van der Waals surface area contributed by atoms with E-state index in [0.717, 1.165) is 38.5 Å². The van der Waals surface area contributed by atoms with Crippen LogP contribution in [0.3, 0.4) is 0 Å². The molecule has 0 saturated carbocycles. The molecule has 2 aromatic heterocycles. The highest BCUT2D eigenvalue weighted by molar-refractivity contribution is 5.77. The minimum atomic E-state index is -0.381. The summed E-state index contributed by atoms with van der Waals surface area (Å²) < 4.78 is 3.66. The molecule has 36 heavy (non-hydrogen) atoms. The lowest BCUT2D eigenvalue weighted by Gasteiger charge is -2.11. The summed E-state index contributed by atoms with van der Waals surface area (Å²) in [5.41, 5.74) is 0.330. The number of aromatic nitrogens is 2. The van der Waals surface area contributed by atoms with Gasteiger partial charge in [-0.1, -0.05) is 12.8 Å². The molecule has 0 aliphatic rings. The van der Waals surface area contributed by atoms with Crippen LogP contribution < -0.4 is 21.5 Å². The monoisotopic (exact) mass is 502 g/mol. The van der Waals surface area contributed by atoms with Crippen molar-refractivity contribution in [1.29, 1.82) is 0 Å². The summed E-state index contributed by atoms with van der Waals surface area (Å²) in [6.45, 7) is 5.51. The molecule has 0 aromatic carbocycles. The number of aromatic hydroxyl groups is 2. The van der Waals surface area contributed by atoms with Crippen molar-refractivity contribution in [3.05, 3.63) is 56.4 Å². The third kappa shape index (κ3) is 9.24. The Balaban J connectivity index is 1.47. The summed E-state index contributed by atoms with van der Waals surface area (Å²) in [6, 6.07) is 2.69. The molecule has 2 heterocycles. The van der Waals surface area contributed by atoms with Gasteiger partial charge in [0.15, 0.2) is 11.5 Å². The molecule has 2 amide bonds. The van der Waals surface area contributed by atoms with Gasteiger partial charge < -0.3 is 30.0 Å². The number of aryl methyl sites for hydroxylation is 2. The number of nitrogens with one attached hydrogen (secondary N) is 2. The van der Waals surface area contributed by atoms with Crippen LogP contribution in [-0.4, -0.2) is 44.3 Å². The maximum absolute atomic E-state index is 11.9. The number of hydrogen-bond acceptors (Lipinski definition) is 6. The zero-order chi connectivity index (χ0) is 26.5. The van der Waals surface area contributed by atoms with E-state index in [1.54, 1.807) is 26.2 Å². The van der Waals surface area contributed by atoms with Crippen LogP contribution in [0.5, 0.6) is 11.5 Å². The maximum Gasteiger partial charge on any atom is 0.223 e. The Kier molecular flexibility index (Phi) is 11.7. The van der Waals surface area contributed by atoms with Crippen LogP contribution in [0, 0.1) is 13.8 Å². The summed E-state index contributed by atoms with van der Waals surface area (Å²) in [5, 5.41) is 25.0. The van der Waals surface area contributed by atoms with Crippen molar-refractivity contribution in [2.75, 3.05) is 13.1 Å². The number of nitrogens with zero attached hydrogens (tertiary/aromatic N) is 2. The molecule has 0 radical (unpaired) electrons. The number of pyridine rings is 2. The fourth-order valence-corrected chi connectivity index (χ4v) is 3.88. The highest BCUT2D eigenvalue weighted by Gasteiger charge is 2.07. The van der Waals surface area contributed by atoms with E-state index in [0.29, 0.717) is 50.4 Å². The molecule has 4 N–H and O–H groups in total. The predicted octanol–water partition coefficient (Wildman–Crippen LogP) is 2.09. The topological polar surface area (TPSA) is 143 Å². The van der Waals surface area contributed by atoms with Crippen molar-refractivity contribution in [3.63, 3.8) is 0 Å². The Morgan fingerprint density at radius 1 is 0.694 bits per heavy atom. The van der Waals surface area contributed by atoms with Crippen molar-refractivity contribution in [2.45, 2.75) is 78.3 Å².